The number of methoxy groups -OCH3 is 1. The van der Waals surface area contributed by atoms with Crippen LogP contribution < -0.4 is 4.74 Å². The molecule has 5 heteroatoms. The topological polar surface area (TPSA) is 29.5 Å². The van der Waals surface area contributed by atoms with Gasteiger partial charge in [0.25, 0.3) is 5.91 Å². The monoisotopic (exact) mass is 315 g/mol. The number of rotatable bonds is 2. The maximum atomic E-state index is 14.1. The van der Waals surface area contributed by atoms with Gasteiger partial charge in [0.05, 0.1) is 12.7 Å². The second-order valence-electron chi connectivity index (χ2n) is 4.32. The fourth-order valence-corrected chi connectivity index (χ4v) is 2.57. The first-order valence-electron chi connectivity index (χ1n) is 5.96. The van der Waals surface area contributed by atoms with Crippen LogP contribution in [0, 0.1) is 5.82 Å². The summed E-state index contributed by atoms with van der Waals surface area (Å²) in [6.45, 7) is 1.40. The summed E-state index contributed by atoms with van der Waals surface area (Å²) in [4.78, 5) is 14.0. The highest BCUT2D eigenvalue weighted by Crippen LogP contribution is 2.27. The van der Waals surface area contributed by atoms with Crippen LogP contribution in [0.3, 0.4) is 0 Å². The summed E-state index contributed by atoms with van der Waals surface area (Å²) < 4.78 is 19.6. The summed E-state index contributed by atoms with van der Waals surface area (Å²) in [6, 6.07) is 3.02. The molecule has 98 valence electrons. The van der Waals surface area contributed by atoms with Crippen LogP contribution in [0.25, 0.3) is 0 Å². The van der Waals surface area contributed by atoms with E-state index in [0.29, 0.717) is 17.6 Å². The molecule has 1 aliphatic heterocycles. The smallest absolute Gasteiger partial charge is 0.257 e. The van der Waals surface area contributed by atoms with Gasteiger partial charge in [-0.2, -0.15) is 0 Å². The van der Waals surface area contributed by atoms with Crippen molar-refractivity contribution in [1.82, 2.24) is 4.90 Å². The van der Waals surface area contributed by atoms with Crippen molar-refractivity contribution in [2.24, 2.45) is 0 Å². The van der Waals surface area contributed by atoms with E-state index in [1.807, 2.05) is 0 Å². The number of hydrogen-bond donors (Lipinski definition) is 0. The van der Waals surface area contributed by atoms with Crippen molar-refractivity contribution in [2.45, 2.75) is 19.3 Å². The van der Waals surface area contributed by atoms with E-state index in [0.717, 1.165) is 19.3 Å². The number of nitrogens with zero attached hydrogens (tertiary/aromatic N) is 1. The van der Waals surface area contributed by atoms with Crippen LogP contribution in [0.2, 0.25) is 0 Å². The molecule has 0 bridgehead atoms. The van der Waals surface area contributed by atoms with Crippen molar-refractivity contribution in [2.75, 3.05) is 20.2 Å². The molecule has 1 heterocycles. The average Bonchev–Trinajstić information content (AvgIpc) is 2.41. The zero-order valence-corrected chi connectivity index (χ0v) is 11.8. The lowest BCUT2D eigenvalue weighted by atomic mass is 10.1. The van der Waals surface area contributed by atoms with E-state index in [1.54, 1.807) is 4.90 Å². The Morgan fingerprint density at radius 2 is 2.00 bits per heavy atom. The lowest BCUT2D eigenvalue weighted by Gasteiger charge is -2.27. The summed E-state index contributed by atoms with van der Waals surface area (Å²) in [6.07, 6.45) is 3.10. The van der Waals surface area contributed by atoms with Gasteiger partial charge in [-0.25, -0.2) is 4.39 Å². The van der Waals surface area contributed by atoms with Crippen LogP contribution in [0.1, 0.15) is 29.6 Å². The Labute approximate surface area is 114 Å². The normalized spacial score (nSPS) is 15.6. The third-order valence-electron chi connectivity index (χ3n) is 3.10. The van der Waals surface area contributed by atoms with Gasteiger partial charge in [0.1, 0.15) is 0 Å². The molecule has 18 heavy (non-hydrogen) atoms. The maximum Gasteiger partial charge on any atom is 0.257 e. The van der Waals surface area contributed by atoms with Gasteiger partial charge in [-0.15, -0.1) is 0 Å². The molecule has 1 aliphatic rings. The van der Waals surface area contributed by atoms with Gasteiger partial charge in [-0.05, 0) is 31.4 Å². The molecule has 1 aromatic carbocycles. The number of likely N-dealkylation sites (tertiary alicyclic amines) is 1. The summed E-state index contributed by atoms with van der Waals surface area (Å²) >= 11 is 3.26. The Balaban J connectivity index is 2.31. The highest BCUT2D eigenvalue weighted by Gasteiger charge is 2.23. The lowest BCUT2D eigenvalue weighted by molar-refractivity contribution is 0.0718. The highest BCUT2D eigenvalue weighted by atomic mass is 79.9. The molecule has 0 aromatic heterocycles. The zero-order valence-electron chi connectivity index (χ0n) is 10.2. The van der Waals surface area contributed by atoms with Crippen molar-refractivity contribution in [1.29, 1.82) is 0 Å². The largest absolute Gasteiger partial charge is 0.494 e. The van der Waals surface area contributed by atoms with E-state index in [1.165, 1.54) is 19.2 Å². The number of piperidine rings is 1. The van der Waals surface area contributed by atoms with Crippen LogP contribution in [0.15, 0.2) is 16.6 Å². The Hall–Kier alpha value is -1.10. The minimum absolute atomic E-state index is 0.0723. The van der Waals surface area contributed by atoms with Gasteiger partial charge in [0.15, 0.2) is 11.6 Å². The Morgan fingerprint density at radius 3 is 2.61 bits per heavy atom. The van der Waals surface area contributed by atoms with Crippen molar-refractivity contribution in [3.8, 4) is 5.75 Å². The molecular weight excluding hydrogens is 301 g/mol. The molecule has 0 atom stereocenters. The van der Waals surface area contributed by atoms with Crippen molar-refractivity contribution < 1.29 is 13.9 Å². The number of amides is 1. The molecule has 2 rings (SSSR count). The van der Waals surface area contributed by atoms with Crippen molar-refractivity contribution in [3.05, 3.63) is 28.0 Å². The van der Waals surface area contributed by atoms with Crippen LogP contribution in [-0.2, 0) is 0 Å². The zero-order chi connectivity index (χ0) is 13.1. The van der Waals surface area contributed by atoms with E-state index in [4.69, 9.17) is 4.74 Å². The number of hydrogen-bond acceptors (Lipinski definition) is 2. The fourth-order valence-electron chi connectivity index (χ4n) is 2.14. The van der Waals surface area contributed by atoms with E-state index >= 15 is 0 Å². The third kappa shape index (κ3) is 2.66. The molecule has 0 saturated carbocycles. The molecular formula is C13H15BrFNO2. The molecule has 1 amide bonds. The van der Waals surface area contributed by atoms with E-state index in [-0.39, 0.29) is 17.2 Å². The van der Waals surface area contributed by atoms with Gasteiger partial charge in [-0.1, -0.05) is 15.9 Å². The summed E-state index contributed by atoms with van der Waals surface area (Å²) in [7, 11) is 1.39. The predicted octanol–water partition coefficient (Wildman–Crippen LogP) is 3.22. The van der Waals surface area contributed by atoms with Gasteiger partial charge in [0, 0.05) is 17.6 Å². The van der Waals surface area contributed by atoms with Gasteiger partial charge >= 0.3 is 0 Å². The first-order chi connectivity index (χ1) is 8.63. The summed E-state index contributed by atoms with van der Waals surface area (Å²) in [5, 5.41) is 0. The minimum Gasteiger partial charge on any atom is -0.494 e. The SMILES string of the molecule is COc1cc(Br)cc(C(=O)N2CCCCC2)c1F. The summed E-state index contributed by atoms with van der Waals surface area (Å²) in [5.41, 5.74) is 0.0723. The first-order valence-corrected chi connectivity index (χ1v) is 6.75. The molecule has 3 nitrogen and oxygen atoms in total. The van der Waals surface area contributed by atoms with Crippen LogP contribution in [0.4, 0.5) is 4.39 Å². The van der Waals surface area contributed by atoms with E-state index < -0.39 is 5.82 Å². The van der Waals surface area contributed by atoms with E-state index in [2.05, 4.69) is 15.9 Å². The number of ether oxygens (including phenoxy) is 1. The molecule has 0 radical (unpaired) electrons. The third-order valence-corrected chi connectivity index (χ3v) is 3.56. The standard InChI is InChI=1S/C13H15BrFNO2/c1-18-11-8-9(14)7-10(12(11)15)13(17)16-5-3-2-4-6-16/h7-8H,2-6H2,1H3. The second kappa shape index (κ2) is 5.69. The number of benzene rings is 1. The molecule has 1 fully saturated rings. The quantitative estimate of drug-likeness (QED) is 0.838. The van der Waals surface area contributed by atoms with Gasteiger partial charge in [0.2, 0.25) is 0 Å². The van der Waals surface area contributed by atoms with Crippen LogP contribution >= 0.6 is 15.9 Å². The number of halogens is 2. The van der Waals surface area contributed by atoms with Crippen LogP contribution in [0.5, 0.6) is 5.75 Å². The average molecular weight is 316 g/mol. The Morgan fingerprint density at radius 1 is 1.33 bits per heavy atom. The molecule has 0 spiro atoms. The molecule has 0 unspecified atom stereocenters. The second-order valence-corrected chi connectivity index (χ2v) is 5.24. The molecule has 1 saturated heterocycles. The highest BCUT2D eigenvalue weighted by molar-refractivity contribution is 9.10. The van der Waals surface area contributed by atoms with Crippen molar-refractivity contribution in [3.63, 3.8) is 0 Å². The number of carbonyl (C=O) groups excluding carboxylic acids is 1. The number of carbonyl (C=O) groups is 1. The van der Waals surface area contributed by atoms with Gasteiger partial charge < -0.3 is 9.64 Å². The van der Waals surface area contributed by atoms with Crippen molar-refractivity contribution >= 4 is 21.8 Å². The van der Waals surface area contributed by atoms with E-state index in [9.17, 15) is 9.18 Å². The maximum absolute atomic E-state index is 14.1. The molecule has 0 N–H and O–H groups in total. The molecule has 1 aromatic rings. The van der Waals surface area contributed by atoms with Gasteiger partial charge in [-0.3, -0.25) is 4.79 Å². The minimum atomic E-state index is -0.587. The predicted molar refractivity (Wildman–Crippen MR) is 70.4 cm³/mol. The lowest BCUT2D eigenvalue weighted by Crippen LogP contribution is -2.36. The summed E-state index contributed by atoms with van der Waals surface area (Å²) in [5.74, 6) is -0.757. The first kappa shape index (κ1) is 13.3. The Kier molecular flexibility index (Phi) is 4.22. The molecule has 0 aliphatic carbocycles. The fraction of sp³-hybridized carbons (Fsp3) is 0.462. The Bertz CT molecular complexity index is 459. The van der Waals surface area contributed by atoms with Crippen LogP contribution in [-0.4, -0.2) is 31.0 Å².